The van der Waals surface area contributed by atoms with Gasteiger partial charge >= 0.3 is 12.1 Å². The van der Waals surface area contributed by atoms with E-state index in [0.29, 0.717) is 15.9 Å². The summed E-state index contributed by atoms with van der Waals surface area (Å²) in [5.41, 5.74) is -0.579. The molecule has 1 N–H and O–H groups in total. The SMILES string of the molecule is Cc1nn(C)c(Cn2cc(C(=O)O)c(C(F)(F)F)c2)c1Br. The predicted octanol–water partition coefficient (Wildman–Crippen LogP) is 3.06. The van der Waals surface area contributed by atoms with Crippen molar-refractivity contribution in [1.29, 1.82) is 0 Å². The summed E-state index contributed by atoms with van der Waals surface area (Å²) in [4.78, 5) is 10.9. The lowest BCUT2D eigenvalue weighted by Crippen LogP contribution is -2.09. The van der Waals surface area contributed by atoms with Crippen LogP contribution >= 0.6 is 15.9 Å². The number of aryl methyl sites for hydroxylation is 2. The molecule has 21 heavy (non-hydrogen) atoms. The van der Waals surface area contributed by atoms with Crippen molar-refractivity contribution >= 4 is 21.9 Å². The number of carboxylic acids is 1. The molecule has 2 heterocycles. The molecular formula is C12H11BrF3N3O2. The fraction of sp³-hybridized carbons (Fsp3) is 0.333. The monoisotopic (exact) mass is 365 g/mol. The lowest BCUT2D eigenvalue weighted by Gasteiger charge is -2.05. The molecule has 2 aromatic heterocycles. The van der Waals surface area contributed by atoms with Crippen LogP contribution in [-0.2, 0) is 19.8 Å². The van der Waals surface area contributed by atoms with Gasteiger partial charge in [0.15, 0.2) is 0 Å². The zero-order chi connectivity index (χ0) is 15.9. The van der Waals surface area contributed by atoms with Crippen LogP contribution in [0.3, 0.4) is 0 Å². The van der Waals surface area contributed by atoms with E-state index in [1.54, 1.807) is 14.0 Å². The Hall–Kier alpha value is -1.77. The lowest BCUT2D eigenvalue weighted by atomic mass is 10.2. The number of hydrogen-bond donors (Lipinski definition) is 1. The van der Waals surface area contributed by atoms with Gasteiger partial charge in [-0.25, -0.2) is 4.79 Å². The highest BCUT2D eigenvalue weighted by Crippen LogP contribution is 2.33. The molecule has 0 aliphatic rings. The first-order valence-electron chi connectivity index (χ1n) is 5.79. The molecule has 0 spiro atoms. The number of rotatable bonds is 3. The highest BCUT2D eigenvalue weighted by atomic mass is 79.9. The van der Waals surface area contributed by atoms with Crippen LogP contribution in [0.1, 0.15) is 27.3 Å². The largest absolute Gasteiger partial charge is 0.478 e. The minimum atomic E-state index is -4.71. The molecule has 2 rings (SSSR count). The van der Waals surface area contributed by atoms with Crippen molar-refractivity contribution in [2.45, 2.75) is 19.6 Å². The van der Waals surface area contributed by atoms with Crippen molar-refractivity contribution in [2.24, 2.45) is 7.05 Å². The molecule has 9 heteroatoms. The average molecular weight is 366 g/mol. The molecule has 0 amide bonds. The number of halogens is 4. The molecule has 0 aliphatic carbocycles. The first-order valence-corrected chi connectivity index (χ1v) is 6.58. The van der Waals surface area contributed by atoms with E-state index in [4.69, 9.17) is 5.11 Å². The number of nitrogens with zero attached hydrogens (tertiary/aromatic N) is 3. The summed E-state index contributed by atoms with van der Waals surface area (Å²) in [6.45, 7) is 1.83. The third-order valence-electron chi connectivity index (χ3n) is 3.01. The Bertz CT molecular complexity index is 703. The number of aromatic carboxylic acids is 1. The van der Waals surface area contributed by atoms with Crippen LogP contribution in [0.2, 0.25) is 0 Å². The van der Waals surface area contributed by atoms with Crippen molar-refractivity contribution in [1.82, 2.24) is 14.3 Å². The highest BCUT2D eigenvalue weighted by molar-refractivity contribution is 9.10. The average Bonchev–Trinajstić information content (AvgIpc) is 2.87. The van der Waals surface area contributed by atoms with Gasteiger partial charge in [-0.3, -0.25) is 4.68 Å². The molecule has 0 bridgehead atoms. The van der Waals surface area contributed by atoms with E-state index < -0.39 is 23.3 Å². The summed E-state index contributed by atoms with van der Waals surface area (Å²) in [7, 11) is 1.67. The Labute approximate surface area is 126 Å². The molecular weight excluding hydrogens is 355 g/mol. The summed E-state index contributed by atoms with van der Waals surface area (Å²) in [5, 5.41) is 13.0. The highest BCUT2D eigenvalue weighted by Gasteiger charge is 2.37. The summed E-state index contributed by atoms with van der Waals surface area (Å²) in [6.07, 6.45) is -2.95. The van der Waals surface area contributed by atoms with Gasteiger partial charge in [-0.15, -0.1) is 0 Å². The van der Waals surface area contributed by atoms with Gasteiger partial charge in [0.25, 0.3) is 0 Å². The van der Waals surface area contributed by atoms with E-state index >= 15 is 0 Å². The first kappa shape index (κ1) is 15.6. The quantitative estimate of drug-likeness (QED) is 0.909. The lowest BCUT2D eigenvalue weighted by molar-refractivity contribution is -0.138. The second kappa shape index (κ2) is 5.21. The fourth-order valence-corrected chi connectivity index (χ4v) is 2.48. The van der Waals surface area contributed by atoms with Crippen LogP contribution in [0.5, 0.6) is 0 Å². The van der Waals surface area contributed by atoms with Crippen LogP contribution in [0.4, 0.5) is 13.2 Å². The minimum Gasteiger partial charge on any atom is -0.478 e. The number of aromatic nitrogens is 3. The van der Waals surface area contributed by atoms with E-state index in [1.165, 1.54) is 9.25 Å². The number of alkyl halides is 3. The zero-order valence-electron chi connectivity index (χ0n) is 11.1. The van der Waals surface area contributed by atoms with E-state index in [0.717, 1.165) is 12.4 Å². The summed E-state index contributed by atoms with van der Waals surface area (Å²) in [5.74, 6) is -1.61. The van der Waals surface area contributed by atoms with E-state index in [9.17, 15) is 18.0 Å². The Kier molecular flexibility index (Phi) is 3.87. The summed E-state index contributed by atoms with van der Waals surface area (Å²) >= 11 is 3.32. The molecule has 0 atom stereocenters. The Morgan fingerprint density at radius 1 is 1.43 bits per heavy atom. The zero-order valence-corrected chi connectivity index (χ0v) is 12.7. The third-order valence-corrected chi connectivity index (χ3v) is 4.04. The van der Waals surface area contributed by atoms with Crippen LogP contribution in [-0.4, -0.2) is 25.4 Å². The van der Waals surface area contributed by atoms with Gasteiger partial charge in [-0.05, 0) is 22.9 Å². The molecule has 0 saturated carbocycles. The number of hydrogen-bond acceptors (Lipinski definition) is 2. The van der Waals surface area contributed by atoms with Gasteiger partial charge < -0.3 is 9.67 Å². The maximum Gasteiger partial charge on any atom is 0.418 e. The van der Waals surface area contributed by atoms with Crippen LogP contribution in [0.25, 0.3) is 0 Å². The standard InChI is InChI=1S/C12H11BrF3N3O2/c1-6-10(13)9(18(2)17-6)5-19-3-7(11(20)21)8(4-19)12(14,15)16/h3-4H,5H2,1-2H3,(H,20,21). The topological polar surface area (TPSA) is 60.0 Å². The van der Waals surface area contributed by atoms with Crippen LogP contribution < -0.4 is 0 Å². The first-order chi connectivity index (χ1) is 9.61. The van der Waals surface area contributed by atoms with E-state index in [2.05, 4.69) is 21.0 Å². The third kappa shape index (κ3) is 2.97. The molecule has 0 aromatic carbocycles. The summed E-state index contributed by atoms with van der Waals surface area (Å²) in [6, 6.07) is 0. The van der Waals surface area contributed by atoms with Crippen molar-refractivity contribution in [3.05, 3.63) is 39.4 Å². The molecule has 0 aliphatic heterocycles. The summed E-state index contributed by atoms with van der Waals surface area (Å²) < 4.78 is 41.9. The fourth-order valence-electron chi connectivity index (χ4n) is 2.02. The molecule has 5 nitrogen and oxygen atoms in total. The normalized spacial score (nSPS) is 11.9. The van der Waals surface area contributed by atoms with Gasteiger partial charge in [0.1, 0.15) is 0 Å². The second-order valence-electron chi connectivity index (χ2n) is 4.53. The Balaban J connectivity index is 2.44. The van der Waals surface area contributed by atoms with Crippen LogP contribution in [0.15, 0.2) is 16.9 Å². The molecule has 114 valence electrons. The minimum absolute atomic E-state index is 0.0777. The van der Waals surface area contributed by atoms with Crippen molar-refractivity contribution in [3.63, 3.8) is 0 Å². The van der Waals surface area contributed by atoms with Gasteiger partial charge in [0.05, 0.1) is 33.5 Å². The molecule has 2 aromatic rings. The van der Waals surface area contributed by atoms with Gasteiger partial charge in [-0.1, -0.05) is 0 Å². The second-order valence-corrected chi connectivity index (χ2v) is 5.32. The molecule has 0 unspecified atom stereocenters. The van der Waals surface area contributed by atoms with Crippen LogP contribution in [0, 0.1) is 6.92 Å². The van der Waals surface area contributed by atoms with Gasteiger partial charge in [0.2, 0.25) is 0 Å². The van der Waals surface area contributed by atoms with Gasteiger partial charge in [-0.2, -0.15) is 18.3 Å². The predicted molar refractivity (Wildman–Crippen MR) is 71.1 cm³/mol. The van der Waals surface area contributed by atoms with E-state index in [-0.39, 0.29) is 6.54 Å². The molecule has 0 saturated heterocycles. The van der Waals surface area contributed by atoms with E-state index in [1.807, 2.05) is 0 Å². The van der Waals surface area contributed by atoms with Gasteiger partial charge in [0, 0.05) is 19.4 Å². The smallest absolute Gasteiger partial charge is 0.418 e. The molecule has 0 radical (unpaired) electrons. The van der Waals surface area contributed by atoms with Crippen molar-refractivity contribution in [3.8, 4) is 0 Å². The Morgan fingerprint density at radius 3 is 2.43 bits per heavy atom. The molecule has 0 fully saturated rings. The maximum atomic E-state index is 12.8. The number of carboxylic acid groups (broad SMARTS) is 1. The van der Waals surface area contributed by atoms with Crippen molar-refractivity contribution < 1.29 is 23.1 Å². The Morgan fingerprint density at radius 2 is 2.05 bits per heavy atom. The van der Waals surface area contributed by atoms with Crippen molar-refractivity contribution in [2.75, 3.05) is 0 Å². The maximum absolute atomic E-state index is 12.8. The number of carbonyl (C=O) groups is 1.